The molecule has 3 N–H and O–H groups in total. The molecule has 1 rings (SSSR count). The molecule has 0 spiro atoms. The van der Waals surface area contributed by atoms with Crippen LogP contribution in [0.5, 0.6) is 0 Å². The van der Waals surface area contributed by atoms with Gasteiger partial charge in [-0.05, 0) is 12.5 Å². The number of rotatable bonds is 12. The van der Waals surface area contributed by atoms with Crippen molar-refractivity contribution in [2.45, 2.75) is 26.2 Å². The number of nitrogens with zero attached hydrogens (tertiary/aromatic N) is 3. The minimum absolute atomic E-state index is 0.127. The van der Waals surface area contributed by atoms with Crippen LogP contribution in [0.25, 0.3) is 0 Å². The van der Waals surface area contributed by atoms with Crippen LogP contribution < -0.4 is 11.2 Å². The van der Waals surface area contributed by atoms with Gasteiger partial charge in [0.1, 0.15) is 0 Å². The molecule has 0 aliphatic carbocycles. The highest BCUT2D eigenvalue weighted by Crippen LogP contribution is 2.12. The Morgan fingerprint density at radius 1 is 1.40 bits per heavy atom. The molecule has 25 heavy (non-hydrogen) atoms. The fourth-order valence-electron chi connectivity index (χ4n) is 2.11. The van der Waals surface area contributed by atoms with Crippen molar-refractivity contribution in [1.82, 2.24) is 10.2 Å². The van der Waals surface area contributed by atoms with Gasteiger partial charge in [-0.15, -0.1) is 0 Å². The van der Waals surface area contributed by atoms with Crippen molar-refractivity contribution in [3.8, 4) is 0 Å². The van der Waals surface area contributed by atoms with Gasteiger partial charge in [-0.1, -0.05) is 19.9 Å². The van der Waals surface area contributed by atoms with E-state index in [1.807, 2.05) is 6.92 Å². The Labute approximate surface area is 148 Å². The van der Waals surface area contributed by atoms with Gasteiger partial charge in [0.2, 0.25) is 5.91 Å². The summed E-state index contributed by atoms with van der Waals surface area (Å²) in [4.78, 5) is 28.9. The van der Waals surface area contributed by atoms with Crippen LogP contribution in [0.2, 0.25) is 0 Å². The number of amides is 2. The molecule has 0 saturated carbocycles. The topological polar surface area (TPSA) is 109 Å². The van der Waals surface area contributed by atoms with Crippen molar-refractivity contribution in [3.05, 3.63) is 24.4 Å². The molecule has 0 aromatic heterocycles. The number of hydrogen-bond acceptors (Lipinski definition) is 6. The van der Waals surface area contributed by atoms with Crippen molar-refractivity contribution in [2.24, 2.45) is 15.9 Å². The van der Waals surface area contributed by atoms with E-state index in [0.717, 1.165) is 18.6 Å². The largest absolute Gasteiger partial charge is 0.378 e. The van der Waals surface area contributed by atoms with Crippen molar-refractivity contribution in [3.63, 3.8) is 0 Å². The Balaban J connectivity index is 2.02. The van der Waals surface area contributed by atoms with Crippen LogP contribution >= 0.6 is 0 Å². The van der Waals surface area contributed by atoms with Gasteiger partial charge in [-0.25, -0.2) is 0 Å². The van der Waals surface area contributed by atoms with Crippen molar-refractivity contribution < 1.29 is 14.3 Å². The zero-order chi connectivity index (χ0) is 18.5. The molecular weight excluding hydrogens is 322 g/mol. The first-order valence-corrected chi connectivity index (χ1v) is 8.38. The second kappa shape index (κ2) is 12.0. The predicted molar refractivity (Wildman–Crippen MR) is 98.3 cm³/mol. The Morgan fingerprint density at radius 2 is 2.20 bits per heavy atom. The maximum atomic E-state index is 11.7. The highest BCUT2D eigenvalue weighted by molar-refractivity contribution is 6.30. The highest BCUT2D eigenvalue weighted by Gasteiger charge is 2.18. The molecule has 0 aromatic carbocycles. The average Bonchev–Trinajstić information content (AvgIpc) is 2.92. The van der Waals surface area contributed by atoms with E-state index >= 15 is 0 Å². The van der Waals surface area contributed by atoms with Crippen LogP contribution in [0.4, 0.5) is 0 Å². The molecule has 138 valence electrons. The fourth-order valence-corrected chi connectivity index (χ4v) is 2.11. The summed E-state index contributed by atoms with van der Waals surface area (Å²) in [5.41, 5.74) is 1.38. The first kappa shape index (κ1) is 20.6. The van der Waals surface area contributed by atoms with E-state index in [4.69, 9.17) is 10.6 Å². The summed E-state index contributed by atoms with van der Waals surface area (Å²) in [7, 11) is 0. The smallest absolute Gasteiger partial charge is 0.251 e. The number of hydrazone groups is 1. The number of ether oxygens (including phenoxy) is 1. The average molecular weight is 349 g/mol. The lowest BCUT2D eigenvalue weighted by Gasteiger charge is -2.16. The molecule has 1 heterocycles. The summed E-state index contributed by atoms with van der Waals surface area (Å²) < 4.78 is 5.38. The first-order valence-electron chi connectivity index (χ1n) is 8.38. The van der Waals surface area contributed by atoms with E-state index in [9.17, 15) is 9.59 Å². The molecule has 2 amide bonds. The molecule has 0 unspecified atom stereocenters. The number of nitrogens with one attached hydrogen (secondary N) is 1. The Kier molecular flexibility index (Phi) is 9.84. The van der Waals surface area contributed by atoms with Crippen molar-refractivity contribution in [2.75, 3.05) is 32.8 Å². The predicted octanol–water partition coefficient (Wildman–Crippen LogP) is 0.607. The van der Waals surface area contributed by atoms with Gasteiger partial charge in [0.15, 0.2) is 0 Å². The van der Waals surface area contributed by atoms with Crippen LogP contribution in [0.1, 0.15) is 26.2 Å². The number of nitrogens with two attached hydrogens (primary N) is 1. The third kappa shape index (κ3) is 8.25. The van der Waals surface area contributed by atoms with Gasteiger partial charge in [0, 0.05) is 37.5 Å². The number of hydrogen-bond donors (Lipinski definition) is 2. The third-order valence-corrected chi connectivity index (χ3v) is 3.44. The molecule has 1 aliphatic heterocycles. The van der Waals surface area contributed by atoms with Crippen LogP contribution in [0.3, 0.4) is 0 Å². The van der Waals surface area contributed by atoms with E-state index in [2.05, 4.69) is 22.0 Å². The van der Waals surface area contributed by atoms with Crippen LogP contribution in [-0.4, -0.2) is 61.5 Å². The van der Waals surface area contributed by atoms with Crippen LogP contribution in [0.15, 0.2) is 34.5 Å². The summed E-state index contributed by atoms with van der Waals surface area (Å²) in [6, 6.07) is 0. The van der Waals surface area contributed by atoms with Crippen molar-refractivity contribution >= 4 is 23.7 Å². The highest BCUT2D eigenvalue weighted by atomic mass is 16.5. The molecule has 0 radical (unpaired) electrons. The lowest BCUT2D eigenvalue weighted by molar-refractivity contribution is -0.124. The molecule has 1 aliphatic rings. The number of aliphatic imine (C=N–C) groups is 1. The monoisotopic (exact) mass is 349 g/mol. The van der Waals surface area contributed by atoms with E-state index in [1.165, 1.54) is 11.0 Å². The quantitative estimate of drug-likeness (QED) is 0.233. The minimum atomic E-state index is -0.136. The normalized spacial score (nSPS) is 14.8. The molecule has 0 saturated heterocycles. The molecule has 0 bridgehead atoms. The molecule has 0 fully saturated rings. The van der Waals surface area contributed by atoms with Crippen LogP contribution in [0, 0.1) is 0 Å². The van der Waals surface area contributed by atoms with Crippen LogP contribution in [-0.2, 0) is 14.3 Å². The van der Waals surface area contributed by atoms with Gasteiger partial charge in [0.05, 0.1) is 25.5 Å². The van der Waals surface area contributed by atoms with E-state index < -0.39 is 0 Å². The fraction of sp³-hybridized carbons (Fsp3) is 0.529. The van der Waals surface area contributed by atoms with E-state index in [1.54, 1.807) is 12.3 Å². The zero-order valence-corrected chi connectivity index (χ0v) is 14.7. The van der Waals surface area contributed by atoms with Gasteiger partial charge < -0.3 is 20.8 Å². The summed E-state index contributed by atoms with van der Waals surface area (Å²) in [6.45, 7) is 7.92. The second-order valence-electron chi connectivity index (χ2n) is 5.43. The zero-order valence-electron chi connectivity index (χ0n) is 14.7. The van der Waals surface area contributed by atoms with E-state index in [-0.39, 0.29) is 18.2 Å². The Hall–Kier alpha value is -2.48. The number of allylic oxidation sites excluding steroid dienone is 1. The SMILES string of the molecule is C=C1C=CC(=O)N1CCC(=O)NCCOCCN=C/C(CCC)=N\N. The van der Waals surface area contributed by atoms with E-state index in [0.29, 0.717) is 38.5 Å². The molecule has 8 heteroatoms. The Bertz CT molecular complexity index is 536. The van der Waals surface area contributed by atoms with Gasteiger partial charge >= 0.3 is 0 Å². The lowest BCUT2D eigenvalue weighted by Crippen LogP contribution is -2.32. The summed E-state index contributed by atoms with van der Waals surface area (Å²) in [6.07, 6.45) is 6.75. The van der Waals surface area contributed by atoms with Gasteiger partial charge in [-0.3, -0.25) is 14.6 Å². The van der Waals surface area contributed by atoms with Crippen molar-refractivity contribution in [1.29, 1.82) is 0 Å². The maximum absolute atomic E-state index is 11.7. The summed E-state index contributed by atoms with van der Waals surface area (Å²) >= 11 is 0. The number of carbonyl (C=O) groups excluding carboxylic acids is 2. The Morgan fingerprint density at radius 3 is 2.84 bits per heavy atom. The standard InChI is InChI=1S/C17H27N5O3/c1-3-4-15(21-18)13-19-8-11-25-12-9-20-16(23)7-10-22-14(2)5-6-17(22)24/h5-6,13H,2-4,7-12,18H2,1H3,(H,20,23)/b19-13?,21-15-. The molecular formula is C17H27N5O3. The summed E-state index contributed by atoms with van der Waals surface area (Å²) in [5, 5.41) is 6.39. The van der Waals surface area contributed by atoms with Gasteiger partial charge in [0.25, 0.3) is 5.91 Å². The lowest BCUT2D eigenvalue weighted by atomic mass is 10.2. The maximum Gasteiger partial charge on any atom is 0.251 e. The third-order valence-electron chi connectivity index (χ3n) is 3.44. The first-order chi connectivity index (χ1) is 12.1. The molecule has 0 aromatic rings. The molecule has 8 nitrogen and oxygen atoms in total. The molecule has 0 atom stereocenters. The van der Waals surface area contributed by atoms with Gasteiger partial charge in [-0.2, -0.15) is 5.10 Å². The minimum Gasteiger partial charge on any atom is -0.378 e. The second-order valence-corrected chi connectivity index (χ2v) is 5.43. The number of carbonyl (C=O) groups is 2. The summed E-state index contributed by atoms with van der Waals surface area (Å²) in [5.74, 6) is 4.98.